The Labute approximate surface area is 232 Å². The number of benzene rings is 3. The predicted molar refractivity (Wildman–Crippen MR) is 135 cm³/mol. The first-order chi connectivity index (χ1) is 19.5. The van der Waals surface area contributed by atoms with Crippen molar-refractivity contribution in [3.63, 3.8) is 0 Å². The zero-order chi connectivity index (χ0) is 32.3. The van der Waals surface area contributed by atoms with E-state index < -0.39 is 81.1 Å². The highest BCUT2D eigenvalue weighted by Crippen LogP contribution is 2.16. The minimum atomic E-state index is -1.58. The van der Waals surface area contributed by atoms with Crippen molar-refractivity contribution in [1.82, 2.24) is 0 Å². The molecule has 3 aromatic rings. The molecule has 3 rings (SSSR count). The van der Waals surface area contributed by atoms with E-state index in [9.17, 15) is 38.4 Å². The molecule has 0 radical (unpaired) electrons. The molecule has 42 heavy (non-hydrogen) atoms. The number of hydrogen-bond donors (Lipinski definition) is 8. The summed E-state index contributed by atoms with van der Waals surface area (Å²) in [6.07, 6.45) is 0. The Bertz CT molecular complexity index is 1400. The first-order valence-corrected chi connectivity index (χ1v) is 10.7. The van der Waals surface area contributed by atoms with E-state index in [0.29, 0.717) is 0 Å². The highest BCUT2D eigenvalue weighted by Gasteiger charge is 2.24. The maximum absolute atomic E-state index is 10.7. The summed E-state index contributed by atoms with van der Waals surface area (Å²) in [5, 5.41) is 69.0. The number of rotatable bonds is 8. The molecule has 0 aliphatic heterocycles. The molecule has 0 heterocycles. The number of aromatic carboxylic acids is 8. The second kappa shape index (κ2) is 14.5. The van der Waals surface area contributed by atoms with Crippen molar-refractivity contribution < 1.29 is 79.2 Å². The van der Waals surface area contributed by atoms with Crippen LogP contribution in [0, 0.1) is 0 Å². The van der Waals surface area contributed by atoms with E-state index in [2.05, 4.69) is 0 Å². The van der Waals surface area contributed by atoms with Crippen LogP contribution in [0.4, 0.5) is 0 Å². The maximum Gasteiger partial charge on any atom is 0.337 e. The van der Waals surface area contributed by atoms with E-state index in [1.807, 2.05) is 0 Å². The molecular formula is C26H18O16. The van der Waals surface area contributed by atoms with Gasteiger partial charge in [-0.05, 0) is 48.5 Å². The lowest BCUT2D eigenvalue weighted by Gasteiger charge is -2.04. The van der Waals surface area contributed by atoms with Gasteiger partial charge in [-0.15, -0.1) is 0 Å². The molecule has 16 nitrogen and oxygen atoms in total. The summed E-state index contributed by atoms with van der Waals surface area (Å²) in [5.74, 6) is -11.2. The number of carboxylic acids is 8. The van der Waals surface area contributed by atoms with Crippen LogP contribution in [0.2, 0.25) is 0 Å². The molecule has 218 valence electrons. The van der Waals surface area contributed by atoms with Gasteiger partial charge in [0.05, 0.1) is 44.5 Å². The zero-order valence-electron chi connectivity index (χ0n) is 20.6. The van der Waals surface area contributed by atoms with Gasteiger partial charge in [0.15, 0.2) is 0 Å². The van der Waals surface area contributed by atoms with Crippen molar-refractivity contribution in [1.29, 1.82) is 0 Å². The van der Waals surface area contributed by atoms with Crippen molar-refractivity contribution >= 4 is 47.8 Å². The Hall–Kier alpha value is -6.58. The highest BCUT2D eigenvalue weighted by atomic mass is 16.4. The van der Waals surface area contributed by atoms with Crippen molar-refractivity contribution in [2.45, 2.75) is 0 Å². The average molecular weight is 586 g/mol. The molecule has 0 spiro atoms. The number of carbonyl (C=O) groups is 8. The van der Waals surface area contributed by atoms with E-state index >= 15 is 0 Å². The highest BCUT2D eigenvalue weighted by molar-refractivity contribution is 6.10. The second-order valence-electron chi connectivity index (χ2n) is 7.47. The van der Waals surface area contributed by atoms with Gasteiger partial charge >= 0.3 is 47.8 Å². The molecular weight excluding hydrogens is 568 g/mol. The number of hydrogen-bond acceptors (Lipinski definition) is 8. The molecule has 0 saturated heterocycles. The smallest absolute Gasteiger partial charge is 0.337 e. The summed E-state index contributed by atoms with van der Waals surface area (Å²) in [4.78, 5) is 84.7. The fourth-order valence-corrected chi connectivity index (χ4v) is 3.03. The third-order valence-electron chi connectivity index (χ3n) is 4.86. The quantitative estimate of drug-likeness (QED) is 0.188. The van der Waals surface area contributed by atoms with E-state index in [-0.39, 0.29) is 11.1 Å². The SMILES string of the molecule is O=C(O)c1ccc(C(=O)O)cc1.O=C(O)c1cccc(C(=O)O)c1C(=O)O.O=C(O)c1cccc(C(=O)O)c1C(=O)O. The zero-order valence-corrected chi connectivity index (χ0v) is 20.6. The second-order valence-corrected chi connectivity index (χ2v) is 7.47. The van der Waals surface area contributed by atoms with Crippen LogP contribution in [0.5, 0.6) is 0 Å². The van der Waals surface area contributed by atoms with Crippen LogP contribution >= 0.6 is 0 Å². The van der Waals surface area contributed by atoms with Crippen LogP contribution < -0.4 is 0 Å². The van der Waals surface area contributed by atoms with E-state index in [1.165, 1.54) is 36.4 Å². The van der Waals surface area contributed by atoms with Crippen LogP contribution in [-0.4, -0.2) is 88.6 Å². The van der Waals surface area contributed by atoms with Crippen molar-refractivity contribution in [3.05, 3.63) is 105 Å². The summed E-state index contributed by atoms with van der Waals surface area (Å²) < 4.78 is 0. The van der Waals surface area contributed by atoms with Crippen LogP contribution in [0.3, 0.4) is 0 Å². The van der Waals surface area contributed by atoms with E-state index in [0.717, 1.165) is 24.3 Å². The summed E-state index contributed by atoms with van der Waals surface area (Å²) in [7, 11) is 0. The fourth-order valence-electron chi connectivity index (χ4n) is 3.03. The Morgan fingerprint density at radius 2 is 0.524 bits per heavy atom. The third-order valence-corrected chi connectivity index (χ3v) is 4.86. The molecule has 0 amide bonds. The molecule has 0 aliphatic carbocycles. The lowest BCUT2D eigenvalue weighted by Crippen LogP contribution is -2.14. The standard InChI is InChI=1S/2C9H6O6.C8H6O4/c2*10-7(11)4-2-1-3-5(8(12)13)6(4)9(14)15;9-7(10)5-1-2-6(4-3-5)8(11)12/h2*1-3H,(H,10,11)(H,12,13)(H,14,15);1-4H,(H,9,10)(H,11,12). The van der Waals surface area contributed by atoms with Gasteiger partial charge in [-0.25, -0.2) is 38.4 Å². The molecule has 0 aliphatic rings. The van der Waals surface area contributed by atoms with Gasteiger partial charge in [0.25, 0.3) is 0 Å². The Morgan fingerprint density at radius 3 is 0.667 bits per heavy atom. The van der Waals surface area contributed by atoms with Crippen molar-refractivity contribution in [2.75, 3.05) is 0 Å². The van der Waals surface area contributed by atoms with Crippen LogP contribution in [0.15, 0.2) is 60.7 Å². The minimum Gasteiger partial charge on any atom is -0.478 e. The molecule has 0 atom stereocenters. The predicted octanol–water partition coefficient (Wildman–Crippen LogP) is 2.65. The normalized spacial score (nSPS) is 9.52. The Kier molecular flexibility index (Phi) is 11.6. The van der Waals surface area contributed by atoms with Gasteiger partial charge in [-0.2, -0.15) is 0 Å². The van der Waals surface area contributed by atoms with E-state index in [4.69, 9.17) is 40.9 Å². The van der Waals surface area contributed by atoms with Crippen LogP contribution in [0.1, 0.15) is 82.9 Å². The molecule has 0 saturated carbocycles. The Morgan fingerprint density at radius 1 is 0.310 bits per heavy atom. The number of carboxylic acid groups (broad SMARTS) is 8. The first kappa shape index (κ1) is 33.4. The Balaban J connectivity index is 0.000000317. The topological polar surface area (TPSA) is 298 Å². The minimum absolute atomic E-state index is 0.0833. The largest absolute Gasteiger partial charge is 0.478 e. The fraction of sp³-hybridized carbons (Fsp3) is 0. The molecule has 0 unspecified atom stereocenters. The van der Waals surface area contributed by atoms with Gasteiger partial charge in [0.2, 0.25) is 0 Å². The molecule has 0 bridgehead atoms. The van der Waals surface area contributed by atoms with Gasteiger partial charge in [-0.1, -0.05) is 12.1 Å². The van der Waals surface area contributed by atoms with Crippen LogP contribution in [0.25, 0.3) is 0 Å². The molecule has 3 aromatic carbocycles. The lowest BCUT2D eigenvalue weighted by atomic mass is 10.0. The van der Waals surface area contributed by atoms with Gasteiger partial charge < -0.3 is 40.9 Å². The summed E-state index contributed by atoms with van der Waals surface area (Å²) in [5.41, 5.74) is -3.41. The summed E-state index contributed by atoms with van der Waals surface area (Å²) in [6.45, 7) is 0. The molecule has 8 N–H and O–H groups in total. The average Bonchev–Trinajstić information content (AvgIpc) is 2.92. The third kappa shape index (κ3) is 8.73. The summed E-state index contributed by atoms with van der Waals surface area (Å²) >= 11 is 0. The maximum atomic E-state index is 10.7. The van der Waals surface area contributed by atoms with Gasteiger partial charge in [-0.3, -0.25) is 0 Å². The van der Waals surface area contributed by atoms with Gasteiger partial charge in [0.1, 0.15) is 0 Å². The van der Waals surface area contributed by atoms with Crippen molar-refractivity contribution in [2.24, 2.45) is 0 Å². The van der Waals surface area contributed by atoms with Crippen molar-refractivity contribution in [3.8, 4) is 0 Å². The molecule has 0 fully saturated rings. The summed E-state index contributed by atoms with van der Waals surface area (Å²) in [6, 6.07) is 11.5. The van der Waals surface area contributed by atoms with Crippen LogP contribution in [-0.2, 0) is 0 Å². The monoisotopic (exact) mass is 586 g/mol. The van der Waals surface area contributed by atoms with E-state index in [1.54, 1.807) is 0 Å². The molecule has 16 heteroatoms. The van der Waals surface area contributed by atoms with Gasteiger partial charge in [0, 0.05) is 0 Å². The molecule has 0 aromatic heterocycles. The first-order valence-electron chi connectivity index (χ1n) is 10.7. The lowest BCUT2D eigenvalue weighted by molar-refractivity contribution is 0.0632.